The number of benzene rings is 1. The summed E-state index contributed by atoms with van der Waals surface area (Å²) in [7, 11) is 0. The Hall–Kier alpha value is -2.67. The molecule has 0 aliphatic rings. The number of rotatable bonds is 6. The summed E-state index contributed by atoms with van der Waals surface area (Å²) in [5, 5.41) is 9.96. The number of aryl methyl sites for hydroxylation is 2. The van der Waals surface area contributed by atoms with Crippen molar-refractivity contribution in [1.29, 1.82) is 0 Å². The highest BCUT2D eigenvalue weighted by Gasteiger charge is 2.13. The quantitative estimate of drug-likeness (QED) is 0.734. The Morgan fingerprint density at radius 3 is 2.84 bits per heavy atom. The number of thiazole rings is 1. The first-order valence-electron chi connectivity index (χ1n) is 8.06. The van der Waals surface area contributed by atoms with Crippen LogP contribution in [0.15, 0.2) is 35.7 Å². The number of hydrogen-bond acceptors (Lipinski definition) is 5. The van der Waals surface area contributed by atoms with E-state index in [4.69, 9.17) is 4.74 Å². The lowest BCUT2D eigenvalue weighted by atomic mass is 10.2. The van der Waals surface area contributed by atoms with E-state index in [1.807, 2.05) is 56.5 Å². The molecule has 1 aromatic carbocycles. The van der Waals surface area contributed by atoms with Gasteiger partial charge >= 0.3 is 0 Å². The lowest BCUT2D eigenvalue weighted by molar-refractivity contribution is -0.115. The van der Waals surface area contributed by atoms with Crippen LogP contribution in [-0.2, 0) is 11.2 Å². The number of nitrogens with one attached hydrogen (secondary N) is 1. The van der Waals surface area contributed by atoms with E-state index >= 15 is 0 Å². The predicted molar refractivity (Wildman–Crippen MR) is 98.7 cm³/mol. The second-order valence-electron chi connectivity index (χ2n) is 5.61. The van der Waals surface area contributed by atoms with Crippen molar-refractivity contribution in [3.63, 3.8) is 0 Å². The molecule has 7 heteroatoms. The molecule has 0 saturated heterocycles. The lowest BCUT2D eigenvalue weighted by Crippen LogP contribution is -2.15. The van der Waals surface area contributed by atoms with Gasteiger partial charge in [-0.1, -0.05) is 12.1 Å². The van der Waals surface area contributed by atoms with Gasteiger partial charge < -0.3 is 10.1 Å². The Balaban J connectivity index is 1.69. The van der Waals surface area contributed by atoms with Crippen LogP contribution in [0.5, 0.6) is 5.75 Å². The summed E-state index contributed by atoms with van der Waals surface area (Å²) in [6, 6.07) is 9.40. The maximum atomic E-state index is 12.3. The SMILES string of the molecule is CCOc1ccccc1NC(=O)Cc1csc(-n2nc(C)cc2C)n1. The maximum absolute atomic E-state index is 12.3. The molecule has 25 heavy (non-hydrogen) atoms. The summed E-state index contributed by atoms with van der Waals surface area (Å²) in [6.45, 7) is 6.39. The van der Waals surface area contributed by atoms with Crippen LogP contribution in [0.2, 0.25) is 0 Å². The number of anilines is 1. The van der Waals surface area contributed by atoms with Gasteiger partial charge in [-0.05, 0) is 39.0 Å². The highest BCUT2D eigenvalue weighted by Crippen LogP contribution is 2.24. The fourth-order valence-corrected chi connectivity index (χ4v) is 3.34. The molecule has 0 saturated carbocycles. The summed E-state index contributed by atoms with van der Waals surface area (Å²) >= 11 is 1.47. The van der Waals surface area contributed by atoms with Gasteiger partial charge in [0.1, 0.15) is 5.75 Å². The molecule has 3 aromatic rings. The minimum absolute atomic E-state index is 0.127. The van der Waals surface area contributed by atoms with Crippen molar-refractivity contribution in [1.82, 2.24) is 14.8 Å². The molecule has 0 unspecified atom stereocenters. The minimum atomic E-state index is -0.127. The highest BCUT2D eigenvalue weighted by atomic mass is 32.1. The molecule has 3 rings (SSSR count). The first-order valence-corrected chi connectivity index (χ1v) is 8.94. The Labute approximate surface area is 150 Å². The Morgan fingerprint density at radius 1 is 1.32 bits per heavy atom. The zero-order valence-corrected chi connectivity index (χ0v) is 15.3. The monoisotopic (exact) mass is 356 g/mol. The molecule has 0 aliphatic carbocycles. The molecule has 0 atom stereocenters. The third-order valence-electron chi connectivity index (χ3n) is 3.53. The van der Waals surface area contributed by atoms with Gasteiger partial charge in [-0.25, -0.2) is 9.67 Å². The van der Waals surface area contributed by atoms with E-state index in [9.17, 15) is 4.79 Å². The fraction of sp³-hybridized carbons (Fsp3) is 0.278. The number of amides is 1. The molecule has 0 radical (unpaired) electrons. The predicted octanol–water partition coefficient (Wildman–Crippen LogP) is 3.53. The Kier molecular flexibility index (Phi) is 5.14. The zero-order valence-electron chi connectivity index (χ0n) is 14.4. The number of hydrogen-bond donors (Lipinski definition) is 1. The van der Waals surface area contributed by atoms with Gasteiger partial charge in [-0.3, -0.25) is 4.79 Å². The molecule has 0 spiro atoms. The van der Waals surface area contributed by atoms with E-state index in [0.717, 1.165) is 22.2 Å². The number of ether oxygens (including phenoxy) is 1. The number of para-hydroxylation sites is 2. The average Bonchev–Trinajstić information content (AvgIpc) is 3.15. The fourth-order valence-electron chi connectivity index (χ4n) is 2.51. The molecule has 1 N–H and O–H groups in total. The van der Waals surface area contributed by atoms with Gasteiger partial charge in [0.05, 0.1) is 30.1 Å². The minimum Gasteiger partial charge on any atom is -0.492 e. The largest absolute Gasteiger partial charge is 0.492 e. The van der Waals surface area contributed by atoms with E-state index in [1.165, 1.54) is 11.3 Å². The van der Waals surface area contributed by atoms with E-state index in [0.29, 0.717) is 18.0 Å². The standard InChI is InChI=1S/C18H20N4O2S/c1-4-24-16-8-6-5-7-15(16)20-17(23)10-14-11-25-18(19-14)22-13(3)9-12(2)21-22/h5-9,11H,4,10H2,1-3H3,(H,20,23). The third kappa shape index (κ3) is 4.06. The number of nitrogens with zero attached hydrogens (tertiary/aromatic N) is 3. The molecular weight excluding hydrogens is 336 g/mol. The summed E-state index contributed by atoms with van der Waals surface area (Å²) in [5.41, 5.74) is 3.36. The lowest BCUT2D eigenvalue weighted by Gasteiger charge is -2.10. The molecular formula is C18H20N4O2S. The molecule has 2 heterocycles. The zero-order chi connectivity index (χ0) is 17.8. The van der Waals surface area contributed by atoms with Crippen LogP contribution < -0.4 is 10.1 Å². The van der Waals surface area contributed by atoms with Crippen molar-refractivity contribution in [2.75, 3.05) is 11.9 Å². The summed E-state index contributed by atoms with van der Waals surface area (Å²) in [6.07, 6.45) is 0.205. The topological polar surface area (TPSA) is 69.0 Å². The maximum Gasteiger partial charge on any atom is 0.230 e. The Bertz CT molecular complexity index is 885. The molecule has 1 amide bonds. The van der Waals surface area contributed by atoms with E-state index in [2.05, 4.69) is 15.4 Å². The van der Waals surface area contributed by atoms with Crippen LogP contribution >= 0.6 is 11.3 Å². The average molecular weight is 356 g/mol. The highest BCUT2D eigenvalue weighted by molar-refractivity contribution is 7.12. The first kappa shape index (κ1) is 17.2. The van der Waals surface area contributed by atoms with Crippen molar-refractivity contribution in [3.8, 4) is 10.9 Å². The molecule has 0 bridgehead atoms. The van der Waals surface area contributed by atoms with Crippen LogP contribution in [0, 0.1) is 13.8 Å². The summed E-state index contributed by atoms with van der Waals surface area (Å²) < 4.78 is 7.32. The van der Waals surface area contributed by atoms with Gasteiger partial charge in [-0.2, -0.15) is 5.10 Å². The van der Waals surface area contributed by atoms with Crippen LogP contribution in [0.3, 0.4) is 0 Å². The van der Waals surface area contributed by atoms with Crippen molar-refractivity contribution in [2.45, 2.75) is 27.2 Å². The molecule has 130 valence electrons. The molecule has 2 aromatic heterocycles. The second-order valence-corrected chi connectivity index (χ2v) is 6.45. The van der Waals surface area contributed by atoms with Crippen molar-refractivity contribution >= 4 is 22.9 Å². The molecule has 0 aliphatic heterocycles. The van der Waals surface area contributed by atoms with E-state index < -0.39 is 0 Å². The van der Waals surface area contributed by atoms with Gasteiger partial charge in [0.2, 0.25) is 11.0 Å². The van der Waals surface area contributed by atoms with Crippen LogP contribution in [0.4, 0.5) is 5.69 Å². The summed E-state index contributed by atoms with van der Waals surface area (Å²) in [5.74, 6) is 0.539. The first-order chi connectivity index (χ1) is 12.1. The smallest absolute Gasteiger partial charge is 0.230 e. The van der Waals surface area contributed by atoms with Crippen molar-refractivity contribution < 1.29 is 9.53 Å². The van der Waals surface area contributed by atoms with Gasteiger partial charge in [0.15, 0.2) is 0 Å². The number of carbonyl (C=O) groups is 1. The third-order valence-corrected chi connectivity index (χ3v) is 4.40. The Morgan fingerprint density at radius 2 is 2.12 bits per heavy atom. The van der Waals surface area contributed by atoms with E-state index in [1.54, 1.807) is 4.68 Å². The van der Waals surface area contributed by atoms with Crippen LogP contribution in [0.1, 0.15) is 24.0 Å². The van der Waals surface area contributed by atoms with Crippen molar-refractivity contribution in [2.24, 2.45) is 0 Å². The van der Waals surface area contributed by atoms with Crippen molar-refractivity contribution in [3.05, 3.63) is 52.8 Å². The normalized spacial score (nSPS) is 10.7. The summed E-state index contributed by atoms with van der Waals surface area (Å²) in [4.78, 5) is 16.9. The molecule has 6 nitrogen and oxygen atoms in total. The molecule has 0 fully saturated rings. The van der Waals surface area contributed by atoms with Crippen LogP contribution in [-0.4, -0.2) is 27.3 Å². The second kappa shape index (κ2) is 7.48. The van der Waals surface area contributed by atoms with E-state index in [-0.39, 0.29) is 12.3 Å². The number of aromatic nitrogens is 3. The van der Waals surface area contributed by atoms with Crippen LogP contribution in [0.25, 0.3) is 5.13 Å². The van der Waals surface area contributed by atoms with Gasteiger partial charge in [0, 0.05) is 11.1 Å². The van der Waals surface area contributed by atoms with Gasteiger partial charge in [-0.15, -0.1) is 11.3 Å². The number of carbonyl (C=O) groups excluding carboxylic acids is 1. The van der Waals surface area contributed by atoms with Gasteiger partial charge in [0.25, 0.3) is 0 Å².